The molecule has 1 aliphatic carbocycles. The molecule has 8 heteroatoms. The molecule has 1 atom stereocenters. The van der Waals surface area contributed by atoms with Crippen LogP contribution >= 0.6 is 11.6 Å². The zero-order chi connectivity index (χ0) is 26.0. The number of carbonyl (C=O) groups excluding carboxylic acids is 1. The summed E-state index contributed by atoms with van der Waals surface area (Å²) in [5.41, 5.74) is 1.85. The fraction of sp³-hybridized carbons (Fsp3) is 0.345. The summed E-state index contributed by atoms with van der Waals surface area (Å²) in [4.78, 5) is 11.8. The number of benzene rings is 3. The van der Waals surface area contributed by atoms with E-state index >= 15 is 0 Å². The molecule has 1 aliphatic heterocycles. The quantitative estimate of drug-likeness (QED) is 0.315. The van der Waals surface area contributed by atoms with Gasteiger partial charge in [-0.2, -0.15) is 0 Å². The van der Waals surface area contributed by atoms with E-state index in [4.69, 9.17) is 16.3 Å². The molecule has 0 bridgehead atoms. The van der Waals surface area contributed by atoms with Crippen molar-refractivity contribution in [2.24, 2.45) is 11.8 Å². The first-order chi connectivity index (χ1) is 17.9. The Labute approximate surface area is 220 Å². The molecule has 37 heavy (non-hydrogen) atoms. The molecule has 3 aromatic carbocycles. The van der Waals surface area contributed by atoms with Gasteiger partial charge in [-0.3, -0.25) is 0 Å². The summed E-state index contributed by atoms with van der Waals surface area (Å²) in [6, 6.07) is 17.4. The highest BCUT2D eigenvalue weighted by Crippen LogP contribution is 2.49. The van der Waals surface area contributed by atoms with Gasteiger partial charge in [0.25, 0.3) is 0 Å². The Hall–Kier alpha value is -3.32. The lowest BCUT2D eigenvalue weighted by atomic mass is 9.72. The van der Waals surface area contributed by atoms with Crippen molar-refractivity contribution in [2.75, 3.05) is 24.4 Å². The van der Waals surface area contributed by atoms with Gasteiger partial charge >= 0.3 is 5.97 Å². The van der Waals surface area contributed by atoms with Crippen LogP contribution in [0.3, 0.4) is 0 Å². The van der Waals surface area contributed by atoms with E-state index in [-0.39, 0.29) is 24.0 Å². The Balaban J connectivity index is 1.53. The lowest BCUT2D eigenvalue weighted by Crippen LogP contribution is -2.51. The molecule has 5 nitrogen and oxygen atoms in total. The second-order valence-corrected chi connectivity index (χ2v) is 10.1. The Kier molecular flexibility index (Phi) is 7.24. The summed E-state index contributed by atoms with van der Waals surface area (Å²) in [5.74, 6) is -3.17. The van der Waals surface area contributed by atoms with Gasteiger partial charge in [-0.1, -0.05) is 55.1 Å². The lowest BCUT2D eigenvalue weighted by Gasteiger charge is -2.44. The molecule has 0 amide bonds. The number of halogens is 3. The molecule has 2 N–H and O–H groups in total. The maximum absolute atomic E-state index is 14.9. The second-order valence-electron chi connectivity index (χ2n) is 9.69. The molecule has 1 saturated carbocycles. The third kappa shape index (κ3) is 4.97. The van der Waals surface area contributed by atoms with Crippen LogP contribution in [-0.2, 0) is 10.4 Å². The number of nitrogens with one attached hydrogen (secondary N) is 2. The number of esters is 1. The van der Waals surface area contributed by atoms with Crippen molar-refractivity contribution in [1.82, 2.24) is 0 Å². The summed E-state index contributed by atoms with van der Waals surface area (Å²) in [7, 11) is 1.16. The minimum atomic E-state index is -0.945. The SMILES string of the molecule is COC(=O)c1cc(F)c(OCC(C2CCCCC2)C2(c3ccc(Cl)cc3)Nc3ccccc3N2)c(F)c1. The van der Waals surface area contributed by atoms with Crippen LogP contribution in [0, 0.1) is 23.5 Å². The first-order valence-corrected chi connectivity index (χ1v) is 12.9. The lowest BCUT2D eigenvalue weighted by molar-refractivity contribution is 0.0599. The standard InChI is InChI=1S/C29H29ClF2N2O3/c1-36-28(35)19-15-23(31)27(24(32)16-19)37-17-22(18-7-3-2-4-8-18)29(20-11-13-21(30)14-12-20)33-25-9-5-6-10-26(25)34-29/h5-6,9-16,18,22,33-34H,2-4,7-8,17H2,1H3. The molecule has 0 spiro atoms. The molecule has 1 unspecified atom stereocenters. The fourth-order valence-corrected chi connectivity index (χ4v) is 5.80. The van der Waals surface area contributed by atoms with Gasteiger partial charge in [0.05, 0.1) is 30.7 Å². The van der Waals surface area contributed by atoms with Crippen molar-refractivity contribution < 1.29 is 23.0 Å². The number of hydrogen-bond acceptors (Lipinski definition) is 5. The highest BCUT2D eigenvalue weighted by molar-refractivity contribution is 6.30. The van der Waals surface area contributed by atoms with E-state index in [0.717, 1.165) is 68.3 Å². The monoisotopic (exact) mass is 526 g/mol. The predicted molar refractivity (Wildman–Crippen MR) is 140 cm³/mol. The Morgan fingerprint density at radius 2 is 1.59 bits per heavy atom. The topological polar surface area (TPSA) is 59.6 Å². The van der Waals surface area contributed by atoms with Crippen LogP contribution in [0.4, 0.5) is 20.2 Å². The van der Waals surface area contributed by atoms with Crippen molar-refractivity contribution in [3.63, 3.8) is 0 Å². The number of rotatable bonds is 7. The average molecular weight is 527 g/mol. The zero-order valence-electron chi connectivity index (χ0n) is 20.5. The number of carbonyl (C=O) groups is 1. The Bertz CT molecular complexity index is 1230. The average Bonchev–Trinajstić information content (AvgIpc) is 3.31. The molecule has 2 aliphatic rings. The van der Waals surface area contributed by atoms with Crippen molar-refractivity contribution in [3.05, 3.63) is 88.4 Å². The van der Waals surface area contributed by atoms with Crippen LogP contribution < -0.4 is 15.4 Å². The van der Waals surface area contributed by atoms with Crippen LogP contribution in [0.1, 0.15) is 48.0 Å². The van der Waals surface area contributed by atoms with E-state index in [1.807, 2.05) is 48.5 Å². The molecular formula is C29H29ClF2N2O3. The number of anilines is 2. The van der Waals surface area contributed by atoms with Gasteiger partial charge in [0.2, 0.25) is 0 Å². The van der Waals surface area contributed by atoms with Gasteiger partial charge in [-0.25, -0.2) is 13.6 Å². The molecule has 0 aromatic heterocycles. The van der Waals surface area contributed by atoms with Crippen LogP contribution in [0.2, 0.25) is 5.02 Å². The number of fused-ring (bicyclic) bond motifs is 1. The van der Waals surface area contributed by atoms with Gasteiger partial charge < -0.3 is 20.1 Å². The third-order valence-corrected chi connectivity index (χ3v) is 7.74. The normalized spacial score (nSPS) is 17.3. The minimum absolute atomic E-state index is 0.0483. The van der Waals surface area contributed by atoms with Crippen molar-refractivity contribution in [3.8, 4) is 5.75 Å². The highest BCUT2D eigenvalue weighted by Gasteiger charge is 2.48. The molecular weight excluding hydrogens is 498 g/mol. The number of para-hydroxylation sites is 2. The molecule has 0 saturated heterocycles. The summed E-state index contributed by atoms with van der Waals surface area (Å²) in [5, 5.41) is 8.01. The van der Waals surface area contributed by atoms with Gasteiger partial charge in [0.1, 0.15) is 5.66 Å². The summed E-state index contributed by atoms with van der Waals surface area (Å²) in [6.07, 6.45) is 5.30. The van der Waals surface area contributed by atoms with E-state index in [9.17, 15) is 13.6 Å². The first-order valence-electron chi connectivity index (χ1n) is 12.5. The van der Waals surface area contributed by atoms with E-state index in [0.29, 0.717) is 5.02 Å². The zero-order valence-corrected chi connectivity index (χ0v) is 21.3. The highest BCUT2D eigenvalue weighted by atomic mass is 35.5. The van der Waals surface area contributed by atoms with Crippen molar-refractivity contribution in [2.45, 2.75) is 37.8 Å². The maximum Gasteiger partial charge on any atom is 0.338 e. The fourth-order valence-electron chi connectivity index (χ4n) is 5.67. The minimum Gasteiger partial charge on any atom is -0.487 e. The molecule has 3 aromatic rings. The number of methoxy groups -OCH3 is 1. The van der Waals surface area contributed by atoms with Gasteiger partial charge in [0, 0.05) is 10.9 Å². The van der Waals surface area contributed by atoms with Gasteiger partial charge in [-0.15, -0.1) is 0 Å². The molecule has 5 rings (SSSR count). The van der Waals surface area contributed by atoms with E-state index in [1.165, 1.54) is 0 Å². The molecule has 1 heterocycles. The number of hydrogen-bond donors (Lipinski definition) is 2. The molecule has 194 valence electrons. The van der Waals surface area contributed by atoms with E-state index < -0.39 is 29.0 Å². The summed E-state index contributed by atoms with van der Waals surface area (Å²) < 4.78 is 40.4. The summed E-state index contributed by atoms with van der Waals surface area (Å²) in [6.45, 7) is 0.0483. The van der Waals surface area contributed by atoms with Gasteiger partial charge in [0.15, 0.2) is 17.4 Å². The van der Waals surface area contributed by atoms with E-state index in [2.05, 4.69) is 15.4 Å². The Morgan fingerprint density at radius 3 is 2.16 bits per heavy atom. The smallest absolute Gasteiger partial charge is 0.338 e. The summed E-state index contributed by atoms with van der Waals surface area (Å²) >= 11 is 6.22. The third-order valence-electron chi connectivity index (χ3n) is 7.49. The molecule has 0 radical (unpaired) electrons. The van der Waals surface area contributed by atoms with Crippen LogP contribution in [-0.4, -0.2) is 19.7 Å². The van der Waals surface area contributed by atoms with E-state index in [1.54, 1.807) is 0 Å². The Morgan fingerprint density at radius 1 is 1.00 bits per heavy atom. The van der Waals surface area contributed by atoms with Crippen LogP contribution in [0.15, 0.2) is 60.7 Å². The van der Waals surface area contributed by atoms with Crippen molar-refractivity contribution in [1.29, 1.82) is 0 Å². The largest absolute Gasteiger partial charge is 0.487 e. The first kappa shape index (κ1) is 25.3. The van der Waals surface area contributed by atoms with Gasteiger partial charge in [-0.05, 0) is 60.7 Å². The van der Waals surface area contributed by atoms with Crippen LogP contribution in [0.25, 0.3) is 0 Å². The second kappa shape index (κ2) is 10.6. The molecule has 1 fully saturated rings. The number of ether oxygens (including phenoxy) is 2. The van der Waals surface area contributed by atoms with Crippen LogP contribution in [0.5, 0.6) is 5.75 Å². The van der Waals surface area contributed by atoms with Crippen molar-refractivity contribution >= 4 is 28.9 Å². The predicted octanol–water partition coefficient (Wildman–Crippen LogP) is 7.37. The maximum atomic E-state index is 14.9.